The zero-order valence-corrected chi connectivity index (χ0v) is 18.7. The number of carbonyl (C=O) groups is 2. The van der Waals surface area contributed by atoms with E-state index in [0.717, 1.165) is 13.0 Å². The third-order valence-electron chi connectivity index (χ3n) is 4.57. The van der Waals surface area contributed by atoms with E-state index < -0.39 is 6.10 Å². The molecule has 0 amide bonds. The average Bonchev–Trinajstić information content (AvgIpc) is 3.32. The number of nitrogens with one attached hydrogen (secondary N) is 1. The van der Waals surface area contributed by atoms with Gasteiger partial charge >= 0.3 is 5.97 Å². The van der Waals surface area contributed by atoms with Crippen LogP contribution in [0.2, 0.25) is 0 Å². The third kappa shape index (κ3) is 5.65. The van der Waals surface area contributed by atoms with Gasteiger partial charge in [-0.25, -0.2) is 9.37 Å². The molecule has 0 bridgehead atoms. The van der Waals surface area contributed by atoms with Gasteiger partial charge in [-0.3, -0.25) is 9.59 Å². The van der Waals surface area contributed by atoms with Crippen LogP contribution in [0.5, 0.6) is 0 Å². The molecule has 30 heavy (non-hydrogen) atoms. The van der Waals surface area contributed by atoms with Crippen molar-refractivity contribution >= 4 is 46.4 Å². The number of halogens is 2. The Hall–Kier alpha value is -2.29. The third-order valence-corrected chi connectivity index (χ3v) is 5.42. The smallest absolute Gasteiger partial charge is 0.306 e. The maximum atomic E-state index is 13.4. The zero-order chi connectivity index (χ0) is 21.0. The van der Waals surface area contributed by atoms with Gasteiger partial charge in [-0.1, -0.05) is 6.92 Å². The van der Waals surface area contributed by atoms with Crippen LogP contribution < -0.4 is 0 Å². The van der Waals surface area contributed by atoms with E-state index in [-0.39, 0.29) is 30.0 Å². The maximum Gasteiger partial charge on any atom is 0.306 e. The van der Waals surface area contributed by atoms with Gasteiger partial charge in [0.15, 0.2) is 5.01 Å². The Balaban J connectivity index is 0.00000320. The van der Waals surface area contributed by atoms with Crippen LogP contribution in [0, 0.1) is 5.82 Å². The first-order chi connectivity index (χ1) is 13.9. The number of nitrogens with zero attached hydrogens (tertiary/aromatic N) is 2. The minimum absolute atomic E-state index is 0. The van der Waals surface area contributed by atoms with Crippen LogP contribution >= 0.6 is 23.7 Å². The van der Waals surface area contributed by atoms with E-state index in [9.17, 15) is 14.0 Å². The Labute approximate surface area is 184 Å². The fourth-order valence-corrected chi connectivity index (χ4v) is 3.86. The molecule has 1 N–H and O–H groups in total. The highest BCUT2D eigenvalue weighted by Crippen LogP contribution is 2.27. The lowest BCUT2D eigenvalue weighted by Gasteiger charge is -2.14. The van der Waals surface area contributed by atoms with Crippen molar-refractivity contribution in [2.45, 2.75) is 32.3 Å². The molecule has 0 spiro atoms. The second-order valence-corrected chi connectivity index (χ2v) is 7.95. The molecule has 2 heterocycles. The van der Waals surface area contributed by atoms with Crippen LogP contribution in [0.4, 0.5) is 4.39 Å². The van der Waals surface area contributed by atoms with Gasteiger partial charge in [-0.15, -0.1) is 23.7 Å². The topological polar surface area (TPSA) is 75.3 Å². The van der Waals surface area contributed by atoms with Crippen LogP contribution in [-0.2, 0) is 9.53 Å². The van der Waals surface area contributed by atoms with Gasteiger partial charge in [0, 0.05) is 28.9 Å². The van der Waals surface area contributed by atoms with Crippen molar-refractivity contribution in [1.29, 1.82) is 0 Å². The highest BCUT2D eigenvalue weighted by Gasteiger charge is 2.22. The molecule has 3 aromatic rings. The van der Waals surface area contributed by atoms with E-state index >= 15 is 0 Å². The number of esters is 1. The van der Waals surface area contributed by atoms with Crippen molar-refractivity contribution in [1.82, 2.24) is 14.9 Å². The number of benzene rings is 1. The number of aromatic amines is 1. The first-order valence-electron chi connectivity index (χ1n) is 9.50. The van der Waals surface area contributed by atoms with Crippen molar-refractivity contribution in [2.24, 2.45) is 0 Å². The summed E-state index contributed by atoms with van der Waals surface area (Å²) in [5.74, 6) is -0.877. The molecule has 0 radical (unpaired) electrons. The summed E-state index contributed by atoms with van der Waals surface area (Å²) in [7, 11) is 3.91. The Bertz CT molecular complexity index is 1020. The molecule has 1 atom stereocenters. The Morgan fingerprint density at radius 3 is 2.80 bits per heavy atom. The number of ketones is 1. The van der Waals surface area contributed by atoms with Crippen molar-refractivity contribution in [3.63, 3.8) is 0 Å². The van der Waals surface area contributed by atoms with E-state index in [0.29, 0.717) is 40.0 Å². The van der Waals surface area contributed by atoms with Gasteiger partial charge in [-0.2, -0.15) is 0 Å². The molecule has 1 aromatic carbocycles. The molecular formula is C21H25ClFN3O3S. The number of hydrogen-bond donors (Lipinski definition) is 1. The quantitative estimate of drug-likeness (QED) is 0.373. The van der Waals surface area contributed by atoms with Crippen LogP contribution in [0.25, 0.3) is 10.9 Å². The van der Waals surface area contributed by atoms with Gasteiger partial charge in [0.05, 0.1) is 11.3 Å². The molecule has 2 aromatic heterocycles. The zero-order valence-electron chi connectivity index (χ0n) is 17.1. The standard InChI is InChI=1S/C21H24FN3O3S.ClH/c1-4-18(28-19(26)6-5-9-25(2)3)17-12-29-21(24-17)20(27)15-11-23-16-10-13(22)7-8-14(15)16;/h7-8,10-12,18,23H,4-6,9H2,1-3H3;1H. The number of fused-ring (bicyclic) bond motifs is 1. The second kappa shape index (κ2) is 10.7. The molecule has 0 aliphatic carbocycles. The van der Waals surface area contributed by atoms with Gasteiger partial charge in [-0.05, 0) is 51.7 Å². The Morgan fingerprint density at radius 1 is 1.33 bits per heavy atom. The van der Waals surface area contributed by atoms with E-state index in [1.54, 1.807) is 17.6 Å². The lowest BCUT2D eigenvalue weighted by atomic mass is 10.1. The van der Waals surface area contributed by atoms with Gasteiger partial charge in [0.2, 0.25) is 5.78 Å². The summed E-state index contributed by atoms with van der Waals surface area (Å²) >= 11 is 1.21. The highest BCUT2D eigenvalue weighted by molar-refractivity contribution is 7.12. The first kappa shape index (κ1) is 24.0. The number of H-pyrrole nitrogens is 1. The molecule has 3 rings (SSSR count). The van der Waals surface area contributed by atoms with Gasteiger partial charge in [0.25, 0.3) is 0 Å². The molecule has 1 unspecified atom stereocenters. The molecule has 0 saturated heterocycles. The van der Waals surface area contributed by atoms with Crippen molar-refractivity contribution < 1.29 is 18.7 Å². The van der Waals surface area contributed by atoms with Crippen LogP contribution in [-0.4, -0.2) is 47.3 Å². The fraction of sp³-hybridized carbons (Fsp3) is 0.381. The number of rotatable bonds is 9. The lowest BCUT2D eigenvalue weighted by Crippen LogP contribution is -2.16. The molecule has 9 heteroatoms. The monoisotopic (exact) mass is 453 g/mol. The summed E-state index contributed by atoms with van der Waals surface area (Å²) in [5.41, 5.74) is 1.57. The number of carbonyl (C=O) groups excluding carboxylic acids is 2. The van der Waals surface area contributed by atoms with Crippen LogP contribution in [0.15, 0.2) is 29.8 Å². The largest absolute Gasteiger partial charge is 0.456 e. The molecular weight excluding hydrogens is 429 g/mol. The summed E-state index contributed by atoms with van der Waals surface area (Å²) in [6.45, 7) is 2.72. The molecule has 0 aliphatic rings. The summed E-state index contributed by atoms with van der Waals surface area (Å²) in [6.07, 6.45) is 2.73. The average molecular weight is 454 g/mol. The van der Waals surface area contributed by atoms with Gasteiger partial charge in [0.1, 0.15) is 11.9 Å². The normalized spacial score (nSPS) is 12.0. The Kier molecular flexibility index (Phi) is 8.52. The Morgan fingerprint density at radius 2 is 2.10 bits per heavy atom. The summed E-state index contributed by atoms with van der Waals surface area (Å²) in [6, 6.07) is 4.25. The van der Waals surface area contributed by atoms with Crippen molar-refractivity contribution in [3.8, 4) is 0 Å². The molecule has 6 nitrogen and oxygen atoms in total. The van der Waals surface area contributed by atoms with Crippen LogP contribution in [0.1, 0.15) is 53.3 Å². The summed E-state index contributed by atoms with van der Waals surface area (Å²) < 4.78 is 18.9. The van der Waals surface area contributed by atoms with Crippen molar-refractivity contribution in [2.75, 3.05) is 20.6 Å². The molecule has 162 valence electrons. The van der Waals surface area contributed by atoms with E-state index in [4.69, 9.17) is 4.74 Å². The van der Waals surface area contributed by atoms with E-state index in [1.807, 2.05) is 25.9 Å². The van der Waals surface area contributed by atoms with E-state index in [2.05, 4.69) is 9.97 Å². The maximum absolute atomic E-state index is 13.4. The number of thiazole rings is 1. The second-order valence-electron chi connectivity index (χ2n) is 7.09. The molecule has 0 aliphatic heterocycles. The minimum Gasteiger partial charge on any atom is -0.456 e. The number of ether oxygens (including phenoxy) is 1. The number of hydrogen-bond acceptors (Lipinski definition) is 6. The molecule has 0 saturated carbocycles. The van der Waals surface area contributed by atoms with Gasteiger partial charge < -0.3 is 14.6 Å². The lowest BCUT2D eigenvalue weighted by molar-refractivity contribution is -0.150. The summed E-state index contributed by atoms with van der Waals surface area (Å²) in [4.78, 5) is 34.3. The highest BCUT2D eigenvalue weighted by atomic mass is 35.5. The predicted octanol–water partition coefficient (Wildman–Crippen LogP) is 4.75. The fourth-order valence-electron chi connectivity index (χ4n) is 3.05. The van der Waals surface area contributed by atoms with Crippen LogP contribution in [0.3, 0.4) is 0 Å². The predicted molar refractivity (Wildman–Crippen MR) is 118 cm³/mol. The first-order valence-corrected chi connectivity index (χ1v) is 10.4. The van der Waals surface area contributed by atoms with Crippen molar-refractivity contribution in [3.05, 3.63) is 51.9 Å². The number of aromatic nitrogens is 2. The molecule has 0 fully saturated rings. The minimum atomic E-state index is -0.475. The summed E-state index contributed by atoms with van der Waals surface area (Å²) in [5, 5.41) is 2.71. The van der Waals surface area contributed by atoms with E-state index in [1.165, 1.54) is 23.5 Å². The SMILES string of the molecule is CCC(OC(=O)CCCN(C)C)c1csc(C(=O)c2c[nH]c3cc(F)ccc23)n1.Cl.